The first-order valence-electron chi connectivity index (χ1n) is 6.18. The molecule has 1 heterocycles. The first-order chi connectivity index (χ1) is 10.0. The lowest BCUT2D eigenvalue weighted by Crippen LogP contribution is -2.13. The number of thioether (sulfide) groups is 1. The number of hydrogen-bond acceptors (Lipinski definition) is 5. The van der Waals surface area contributed by atoms with E-state index < -0.39 is 5.97 Å². The fraction of sp³-hybridized carbons (Fsp3) is 0.308. The summed E-state index contributed by atoms with van der Waals surface area (Å²) >= 11 is 7.25. The van der Waals surface area contributed by atoms with E-state index in [1.807, 2.05) is 25.1 Å². The number of hydrogen-bond donors (Lipinski definition) is 2. The maximum absolute atomic E-state index is 10.7. The summed E-state index contributed by atoms with van der Waals surface area (Å²) in [6.07, 6.45) is 0. The zero-order chi connectivity index (χ0) is 15.4. The van der Waals surface area contributed by atoms with Gasteiger partial charge in [-0.15, -0.1) is 10.2 Å². The highest BCUT2D eigenvalue weighted by Gasteiger charge is 2.20. The molecule has 0 saturated heterocycles. The van der Waals surface area contributed by atoms with Crippen molar-refractivity contribution in [3.05, 3.63) is 40.7 Å². The Hall–Kier alpha value is -1.57. The Morgan fingerprint density at radius 1 is 1.43 bits per heavy atom. The highest BCUT2D eigenvalue weighted by molar-refractivity contribution is 7.99. The van der Waals surface area contributed by atoms with Gasteiger partial charge in [-0.05, 0) is 18.6 Å². The molecule has 1 aromatic carbocycles. The van der Waals surface area contributed by atoms with Gasteiger partial charge in [-0.1, -0.05) is 41.6 Å². The van der Waals surface area contributed by atoms with Crippen LogP contribution in [0.2, 0.25) is 5.02 Å². The predicted molar refractivity (Wildman–Crippen MR) is 79.6 cm³/mol. The second-order valence-electron chi connectivity index (χ2n) is 4.31. The molecule has 0 saturated carbocycles. The summed E-state index contributed by atoms with van der Waals surface area (Å²) in [6.45, 7) is 1.62. The van der Waals surface area contributed by atoms with Crippen LogP contribution in [0.25, 0.3) is 0 Å². The van der Waals surface area contributed by atoms with Crippen LogP contribution in [0.1, 0.15) is 24.4 Å². The zero-order valence-corrected chi connectivity index (χ0v) is 12.8. The molecule has 1 aromatic heterocycles. The van der Waals surface area contributed by atoms with Gasteiger partial charge in [-0.3, -0.25) is 9.36 Å². The van der Waals surface area contributed by atoms with Gasteiger partial charge in [0.25, 0.3) is 0 Å². The summed E-state index contributed by atoms with van der Waals surface area (Å²) in [4.78, 5) is 10.7. The summed E-state index contributed by atoms with van der Waals surface area (Å²) in [5.41, 5.74) is 0.853. The summed E-state index contributed by atoms with van der Waals surface area (Å²) in [6, 6.07) is 7.13. The SMILES string of the molecule is CC(c1ccccc1Cl)n1c(CO)nnc1SCC(=O)O. The lowest BCUT2D eigenvalue weighted by molar-refractivity contribution is -0.133. The molecule has 0 aliphatic heterocycles. The summed E-state index contributed by atoms with van der Waals surface area (Å²) in [7, 11) is 0. The van der Waals surface area contributed by atoms with Gasteiger partial charge in [0.1, 0.15) is 6.61 Å². The molecule has 0 bridgehead atoms. The number of carboxylic acids is 1. The Kier molecular flexibility index (Phi) is 5.22. The average molecular weight is 328 g/mol. The summed E-state index contributed by atoms with van der Waals surface area (Å²) < 4.78 is 1.70. The number of rotatable bonds is 6. The number of nitrogens with zero attached hydrogens (tertiary/aromatic N) is 3. The number of carbonyl (C=O) groups is 1. The molecule has 1 unspecified atom stereocenters. The van der Waals surface area contributed by atoms with Crippen molar-refractivity contribution in [2.75, 3.05) is 5.75 Å². The van der Waals surface area contributed by atoms with E-state index >= 15 is 0 Å². The van der Waals surface area contributed by atoms with Crippen LogP contribution >= 0.6 is 23.4 Å². The van der Waals surface area contributed by atoms with E-state index in [0.717, 1.165) is 17.3 Å². The van der Waals surface area contributed by atoms with Crippen molar-refractivity contribution in [3.8, 4) is 0 Å². The highest BCUT2D eigenvalue weighted by Crippen LogP contribution is 2.30. The van der Waals surface area contributed by atoms with E-state index in [1.165, 1.54) is 0 Å². The fourth-order valence-electron chi connectivity index (χ4n) is 1.98. The quantitative estimate of drug-likeness (QED) is 0.791. The minimum Gasteiger partial charge on any atom is -0.481 e. The lowest BCUT2D eigenvalue weighted by Gasteiger charge is -2.18. The molecular formula is C13H14ClN3O3S. The molecule has 2 rings (SSSR count). The monoisotopic (exact) mass is 327 g/mol. The van der Waals surface area contributed by atoms with Crippen LogP contribution in [0.15, 0.2) is 29.4 Å². The molecule has 0 fully saturated rings. The van der Waals surface area contributed by atoms with Crippen LogP contribution in [-0.4, -0.2) is 36.7 Å². The Bertz CT molecular complexity index is 647. The molecule has 0 aliphatic rings. The van der Waals surface area contributed by atoms with Crippen LogP contribution < -0.4 is 0 Å². The van der Waals surface area contributed by atoms with Gasteiger partial charge in [0.05, 0.1) is 11.8 Å². The predicted octanol–water partition coefficient (Wildman–Crippen LogP) is 2.21. The van der Waals surface area contributed by atoms with Crippen molar-refractivity contribution in [2.45, 2.75) is 24.7 Å². The van der Waals surface area contributed by atoms with E-state index in [-0.39, 0.29) is 18.4 Å². The molecule has 21 heavy (non-hydrogen) atoms. The molecule has 112 valence electrons. The van der Waals surface area contributed by atoms with Gasteiger partial charge < -0.3 is 10.2 Å². The van der Waals surface area contributed by atoms with Crippen molar-refractivity contribution in [3.63, 3.8) is 0 Å². The van der Waals surface area contributed by atoms with Crippen LogP contribution in [0.3, 0.4) is 0 Å². The lowest BCUT2D eigenvalue weighted by atomic mass is 10.1. The maximum Gasteiger partial charge on any atom is 0.313 e. The van der Waals surface area contributed by atoms with E-state index in [4.69, 9.17) is 16.7 Å². The number of aliphatic hydroxyl groups is 1. The largest absolute Gasteiger partial charge is 0.481 e. The number of carboxylic acid groups (broad SMARTS) is 1. The van der Waals surface area contributed by atoms with Crippen molar-refractivity contribution >= 4 is 29.3 Å². The molecule has 6 nitrogen and oxygen atoms in total. The van der Waals surface area contributed by atoms with Crippen LogP contribution in [0, 0.1) is 0 Å². The van der Waals surface area contributed by atoms with Crippen LogP contribution in [-0.2, 0) is 11.4 Å². The van der Waals surface area contributed by atoms with Crippen molar-refractivity contribution in [2.24, 2.45) is 0 Å². The zero-order valence-electron chi connectivity index (χ0n) is 11.2. The van der Waals surface area contributed by atoms with E-state index in [2.05, 4.69) is 10.2 Å². The molecule has 2 N–H and O–H groups in total. The summed E-state index contributed by atoms with van der Waals surface area (Å²) in [5, 5.41) is 27.0. The highest BCUT2D eigenvalue weighted by atomic mass is 35.5. The van der Waals surface area contributed by atoms with Gasteiger partial charge in [-0.2, -0.15) is 0 Å². The number of aromatic nitrogens is 3. The van der Waals surface area contributed by atoms with E-state index in [1.54, 1.807) is 10.6 Å². The topological polar surface area (TPSA) is 88.2 Å². The molecule has 0 amide bonds. The van der Waals surface area contributed by atoms with Crippen molar-refractivity contribution in [1.29, 1.82) is 0 Å². The van der Waals surface area contributed by atoms with Crippen molar-refractivity contribution in [1.82, 2.24) is 14.8 Å². The van der Waals surface area contributed by atoms with Crippen molar-refractivity contribution < 1.29 is 15.0 Å². The molecule has 1 atom stereocenters. The number of aliphatic carboxylic acids is 1. The molecule has 0 radical (unpaired) electrons. The smallest absolute Gasteiger partial charge is 0.313 e. The van der Waals surface area contributed by atoms with E-state index in [9.17, 15) is 9.90 Å². The van der Waals surface area contributed by atoms with Crippen LogP contribution in [0.4, 0.5) is 0 Å². The van der Waals surface area contributed by atoms with Gasteiger partial charge in [0.15, 0.2) is 11.0 Å². The van der Waals surface area contributed by atoms with E-state index in [0.29, 0.717) is 16.0 Å². The Morgan fingerprint density at radius 3 is 2.76 bits per heavy atom. The van der Waals surface area contributed by atoms with Gasteiger partial charge in [-0.25, -0.2) is 0 Å². The average Bonchev–Trinajstić information content (AvgIpc) is 2.87. The minimum absolute atomic E-state index is 0.126. The minimum atomic E-state index is -0.939. The van der Waals surface area contributed by atoms with Gasteiger partial charge in [0.2, 0.25) is 0 Å². The first-order valence-corrected chi connectivity index (χ1v) is 7.54. The molecular weight excluding hydrogens is 314 g/mol. The summed E-state index contributed by atoms with van der Waals surface area (Å²) in [5.74, 6) is -0.695. The Morgan fingerprint density at radius 2 is 2.14 bits per heavy atom. The third-order valence-electron chi connectivity index (χ3n) is 2.94. The maximum atomic E-state index is 10.7. The fourth-order valence-corrected chi connectivity index (χ4v) is 3.03. The second kappa shape index (κ2) is 6.93. The molecule has 0 spiro atoms. The normalized spacial score (nSPS) is 12.3. The number of halogens is 1. The Balaban J connectivity index is 2.39. The molecule has 8 heteroatoms. The first kappa shape index (κ1) is 15.8. The molecule has 2 aromatic rings. The Labute approximate surface area is 130 Å². The second-order valence-corrected chi connectivity index (χ2v) is 5.66. The number of aliphatic hydroxyl groups excluding tert-OH is 1. The molecule has 0 aliphatic carbocycles. The van der Waals surface area contributed by atoms with Gasteiger partial charge in [0, 0.05) is 5.02 Å². The standard InChI is InChI=1S/C13H14ClN3O3S/c1-8(9-4-2-3-5-10(9)14)17-11(6-18)15-16-13(17)21-7-12(19)20/h2-5,8,18H,6-7H2,1H3,(H,19,20). The van der Waals surface area contributed by atoms with Crippen LogP contribution in [0.5, 0.6) is 0 Å². The van der Waals surface area contributed by atoms with Gasteiger partial charge >= 0.3 is 5.97 Å². The third-order valence-corrected chi connectivity index (χ3v) is 4.22. The number of benzene rings is 1. The third kappa shape index (κ3) is 3.55.